The zero-order valence-electron chi connectivity index (χ0n) is 33.5. The first kappa shape index (κ1) is 35.8. The van der Waals surface area contributed by atoms with Crippen molar-refractivity contribution in [2.75, 3.05) is 0 Å². The highest BCUT2D eigenvalue weighted by molar-refractivity contribution is 7.26. The van der Waals surface area contributed by atoms with E-state index in [9.17, 15) is 0 Å². The highest BCUT2D eigenvalue weighted by Crippen LogP contribution is 2.44. The normalized spacial score (nSPS) is 11.8. The third-order valence-electron chi connectivity index (χ3n) is 11.9. The smallest absolute Gasteiger partial charge is 0.238 e. The lowest BCUT2D eigenvalue weighted by Crippen LogP contribution is -2.06. The lowest BCUT2D eigenvalue weighted by molar-refractivity contribution is 0.954. The minimum Gasteiger partial charge on any atom is -0.278 e. The molecule has 5 heterocycles. The zero-order chi connectivity index (χ0) is 41.4. The number of rotatable bonds is 6. The van der Waals surface area contributed by atoms with Crippen LogP contribution in [0.25, 0.3) is 125 Å². The van der Waals surface area contributed by atoms with Gasteiger partial charge in [0.15, 0.2) is 17.5 Å². The van der Waals surface area contributed by atoms with Crippen LogP contribution in [0.5, 0.6) is 0 Å². The number of fused-ring (bicyclic) bond motifs is 9. The van der Waals surface area contributed by atoms with Crippen LogP contribution >= 0.6 is 22.7 Å². The molecule has 6 nitrogen and oxygen atoms in total. The van der Waals surface area contributed by atoms with Crippen molar-refractivity contribution < 1.29 is 0 Å². The summed E-state index contributed by atoms with van der Waals surface area (Å²) in [7, 11) is 0. The molecule has 0 aliphatic carbocycles. The molecule has 0 unspecified atom stereocenters. The van der Waals surface area contributed by atoms with Gasteiger partial charge in [0.1, 0.15) is 0 Å². The third kappa shape index (κ3) is 5.87. The van der Waals surface area contributed by atoms with Gasteiger partial charge in [-0.05, 0) is 53.6 Å². The fourth-order valence-corrected chi connectivity index (χ4v) is 11.3. The molecule has 0 saturated heterocycles. The summed E-state index contributed by atoms with van der Waals surface area (Å²) >= 11 is 3.52. The summed E-state index contributed by atoms with van der Waals surface area (Å²) in [6.07, 6.45) is 0. The average molecular weight is 841 g/mol. The quantitative estimate of drug-likeness (QED) is 0.167. The Kier molecular flexibility index (Phi) is 8.15. The number of hydrogen-bond acceptors (Lipinski definition) is 7. The third-order valence-corrected chi connectivity index (χ3v) is 14.3. The van der Waals surface area contributed by atoms with Crippen LogP contribution in [-0.2, 0) is 0 Å². The second-order valence-electron chi connectivity index (χ2n) is 15.6. The summed E-state index contributed by atoms with van der Waals surface area (Å²) in [6.45, 7) is 0. The van der Waals surface area contributed by atoms with Gasteiger partial charge in [-0.1, -0.05) is 152 Å². The van der Waals surface area contributed by atoms with Crippen LogP contribution in [-0.4, -0.2) is 29.5 Å². The summed E-state index contributed by atoms with van der Waals surface area (Å²) in [5, 5.41) is 5.70. The maximum absolute atomic E-state index is 5.34. The molecule has 0 saturated carbocycles. The predicted octanol–water partition coefficient (Wildman–Crippen LogP) is 14.8. The first-order valence-corrected chi connectivity index (χ1v) is 22.5. The Morgan fingerprint density at radius 1 is 0.333 bits per heavy atom. The van der Waals surface area contributed by atoms with Crippen molar-refractivity contribution in [1.82, 2.24) is 29.5 Å². The maximum atomic E-state index is 5.34. The van der Waals surface area contributed by atoms with Gasteiger partial charge in [-0.15, -0.1) is 22.7 Å². The maximum Gasteiger partial charge on any atom is 0.238 e. The fraction of sp³-hybridized carbons (Fsp3) is 0. The van der Waals surface area contributed by atoms with E-state index in [2.05, 4.69) is 168 Å². The lowest BCUT2D eigenvalue weighted by Gasteiger charge is -2.11. The van der Waals surface area contributed by atoms with Crippen LogP contribution in [0, 0.1) is 0 Å². The number of benzene rings is 8. The first-order valence-electron chi connectivity index (χ1n) is 20.8. The van der Waals surface area contributed by atoms with Crippen molar-refractivity contribution in [2.45, 2.75) is 0 Å². The fourth-order valence-electron chi connectivity index (χ4n) is 8.92. The van der Waals surface area contributed by atoms with Crippen molar-refractivity contribution in [1.29, 1.82) is 0 Å². The van der Waals surface area contributed by atoms with E-state index in [4.69, 9.17) is 24.9 Å². The molecule has 13 aromatic rings. The Balaban J connectivity index is 1.00. The molecule has 0 fully saturated rings. The largest absolute Gasteiger partial charge is 0.278 e. The summed E-state index contributed by atoms with van der Waals surface area (Å²) in [5.41, 5.74) is 10.2. The van der Waals surface area contributed by atoms with Gasteiger partial charge >= 0.3 is 0 Å². The van der Waals surface area contributed by atoms with E-state index < -0.39 is 0 Å². The number of thiophene rings is 2. The molecule has 13 rings (SSSR count). The molecule has 8 aromatic carbocycles. The van der Waals surface area contributed by atoms with Gasteiger partial charge in [-0.25, -0.2) is 15.0 Å². The minimum atomic E-state index is 0.565. The second-order valence-corrected chi connectivity index (χ2v) is 17.7. The van der Waals surface area contributed by atoms with Crippen LogP contribution in [0.2, 0.25) is 0 Å². The summed E-state index contributed by atoms with van der Waals surface area (Å²) in [5.74, 6) is 2.50. The Morgan fingerprint density at radius 2 is 0.952 bits per heavy atom. The van der Waals surface area contributed by atoms with Crippen molar-refractivity contribution >= 4 is 85.0 Å². The first-order chi connectivity index (χ1) is 31.2. The van der Waals surface area contributed by atoms with E-state index in [0.29, 0.717) is 17.6 Å². The molecule has 0 radical (unpaired) electrons. The number of para-hydroxylation sites is 1. The minimum absolute atomic E-state index is 0.565. The van der Waals surface area contributed by atoms with Gasteiger partial charge in [0, 0.05) is 63.3 Å². The Bertz CT molecular complexity index is 3910. The highest BCUT2D eigenvalue weighted by Gasteiger charge is 2.21. The second kappa shape index (κ2) is 14.3. The number of aromatic nitrogens is 6. The molecule has 0 atom stereocenters. The lowest BCUT2D eigenvalue weighted by atomic mass is 10.0. The van der Waals surface area contributed by atoms with Crippen molar-refractivity contribution in [2.24, 2.45) is 0 Å². The predicted molar refractivity (Wildman–Crippen MR) is 263 cm³/mol. The van der Waals surface area contributed by atoms with Crippen LogP contribution < -0.4 is 0 Å². The van der Waals surface area contributed by atoms with Crippen molar-refractivity contribution in [3.63, 3.8) is 0 Å². The van der Waals surface area contributed by atoms with Crippen LogP contribution in [0.15, 0.2) is 194 Å². The van der Waals surface area contributed by atoms with E-state index in [1.165, 1.54) is 9.40 Å². The number of nitrogens with zero attached hydrogens (tertiary/aromatic N) is 6. The molecule has 0 aliphatic heterocycles. The molecule has 294 valence electrons. The molecular formula is C55H32N6S2. The van der Waals surface area contributed by atoms with Crippen LogP contribution in [0.1, 0.15) is 0 Å². The molecule has 63 heavy (non-hydrogen) atoms. The summed E-state index contributed by atoms with van der Waals surface area (Å²) in [6, 6.07) is 67.9. The zero-order valence-corrected chi connectivity index (χ0v) is 35.1. The summed E-state index contributed by atoms with van der Waals surface area (Å²) < 4.78 is 6.80. The van der Waals surface area contributed by atoms with Gasteiger partial charge in [0.05, 0.1) is 26.9 Å². The van der Waals surface area contributed by atoms with Crippen molar-refractivity contribution in [3.8, 4) is 62.5 Å². The molecule has 8 heteroatoms. The molecule has 0 bridgehead atoms. The average Bonchev–Trinajstić information content (AvgIpc) is 4.03. The number of hydrogen-bond donors (Lipinski definition) is 0. The molecule has 0 spiro atoms. The molecular weight excluding hydrogens is 809 g/mol. The SMILES string of the molecule is c1ccc(-c2ccc3c4ccccc4n(-c4nc(-c5ccccc5)nc(-c5ccc6sc7c(-c8nc(-c9ccccc9)c9sc%10ccccc%10c9n8)cccc7c6c5)n4)c3c2)cc1. The molecule has 0 N–H and O–H groups in total. The molecule has 5 aromatic heterocycles. The monoisotopic (exact) mass is 840 g/mol. The van der Waals surface area contributed by atoms with Gasteiger partial charge < -0.3 is 0 Å². The Labute approximate surface area is 369 Å². The Hall–Kier alpha value is -7.91. The van der Waals surface area contributed by atoms with Crippen LogP contribution in [0.4, 0.5) is 0 Å². The van der Waals surface area contributed by atoms with E-state index in [-0.39, 0.29) is 0 Å². The van der Waals surface area contributed by atoms with Gasteiger partial charge in [0.2, 0.25) is 5.95 Å². The van der Waals surface area contributed by atoms with Crippen LogP contribution in [0.3, 0.4) is 0 Å². The van der Waals surface area contributed by atoms with E-state index >= 15 is 0 Å². The summed E-state index contributed by atoms with van der Waals surface area (Å²) in [4.78, 5) is 26.4. The van der Waals surface area contributed by atoms with Gasteiger partial charge in [-0.2, -0.15) is 9.97 Å². The van der Waals surface area contributed by atoms with Gasteiger partial charge in [-0.3, -0.25) is 4.57 Å². The molecule has 0 aliphatic rings. The standard InChI is InChI=1S/C55H32N6S2/c1-4-15-33(16-5-1)36-27-29-39-38-21-10-12-25-44(38)61(45(39)32-36)55-59-52(35-19-8-3-9-20-35)58-53(60-55)37-28-30-47-43(31-37)40-23-14-24-42(50(40)62-47)54-56-48(34-17-6-2-7-18-34)51-49(57-54)41-22-11-13-26-46(41)63-51/h1-32H. The van der Waals surface area contributed by atoms with Crippen molar-refractivity contribution in [3.05, 3.63) is 194 Å². The topological polar surface area (TPSA) is 69.4 Å². The van der Waals surface area contributed by atoms with E-state index in [0.717, 1.165) is 97.8 Å². The highest BCUT2D eigenvalue weighted by atomic mass is 32.1. The van der Waals surface area contributed by atoms with E-state index in [1.807, 2.05) is 30.3 Å². The van der Waals surface area contributed by atoms with Gasteiger partial charge in [0.25, 0.3) is 0 Å². The Morgan fingerprint density at radius 3 is 1.76 bits per heavy atom. The molecule has 0 amide bonds. The van der Waals surface area contributed by atoms with E-state index in [1.54, 1.807) is 22.7 Å².